The van der Waals surface area contributed by atoms with Crippen LogP contribution in [0.1, 0.15) is 5.56 Å². The highest BCUT2D eigenvalue weighted by molar-refractivity contribution is 7.99. The molecule has 5 nitrogen and oxygen atoms in total. The number of carbonyl (C=O) groups is 1. The van der Waals surface area contributed by atoms with E-state index in [1.54, 1.807) is 0 Å². The molecule has 1 N–H and O–H groups in total. The topological polar surface area (TPSA) is 59.8 Å². The normalized spacial score (nSPS) is 11.2. The first kappa shape index (κ1) is 23.0. The highest BCUT2D eigenvalue weighted by Gasteiger charge is 2.19. The van der Waals surface area contributed by atoms with Gasteiger partial charge in [0.05, 0.1) is 11.4 Å². The van der Waals surface area contributed by atoms with Crippen molar-refractivity contribution >= 4 is 44.9 Å². The minimum Gasteiger partial charge on any atom is -0.325 e. The molecule has 6 heteroatoms. The van der Waals surface area contributed by atoms with Crippen molar-refractivity contribution in [1.29, 1.82) is 0 Å². The fourth-order valence-corrected chi connectivity index (χ4v) is 5.27. The molecule has 0 aliphatic carbocycles. The summed E-state index contributed by atoms with van der Waals surface area (Å²) in [7, 11) is 0. The van der Waals surface area contributed by atoms with Gasteiger partial charge in [-0.1, -0.05) is 114 Å². The van der Waals surface area contributed by atoms with Gasteiger partial charge < -0.3 is 5.32 Å². The van der Waals surface area contributed by atoms with Crippen molar-refractivity contribution in [3.05, 3.63) is 115 Å². The maximum atomic E-state index is 13.0. The Kier molecular flexibility index (Phi) is 6.16. The molecule has 0 aliphatic rings. The Morgan fingerprint density at radius 1 is 0.757 bits per heavy atom. The Balaban J connectivity index is 1.35. The molecular weight excluding hydrogens is 476 g/mol. The van der Waals surface area contributed by atoms with Gasteiger partial charge in [-0.25, -0.2) is 0 Å². The number of hydrogen-bond acceptors (Lipinski definition) is 4. The lowest BCUT2D eigenvalue weighted by Crippen LogP contribution is -2.15. The van der Waals surface area contributed by atoms with Crippen LogP contribution in [-0.4, -0.2) is 26.4 Å². The van der Waals surface area contributed by atoms with Gasteiger partial charge in [-0.15, -0.1) is 10.2 Å². The average Bonchev–Trinajstić information content (AvgIpc) is 3.36. The van der Waals surface area contributed by atoms with Gasteiger partial charge in [0, 0.05) is 22.0 Å². The monoisotopic (exact) mass is 500 g/mol. The summed E-state index contributed by atoms with van der Waals surface area (Å²) < 4.78 is 2.06. The predicted molar refractivity (Wildman–Crippen MR) is 152 cm³/mol. The zero-order valence-corrected chi connectivity index (χ0v) is 21.1. The van der Waals surface area contributed by atoms with E-state index in [9.17, 15) is 4.79 Å². The van der Waals surface area contributed by atoms with Crippen LogP contribution in [0.5, 0.6) is 0 Å². The number of aromatic nitrogens is 3. The van der Waals surface area contributed by atoms with Crippen LogP contribution in [0.3, 0.4) is 0 Å². The van der Waals surface area contributed by atoms with Gasteiger partial charge in [-0.05, 0) is 29.8 Å². The minimum atomic E-state index is -0.0919. The molecule has 0 fully saturated rings. The molecule has 0 saturated carbocycles. The van der Waals surface area contributed by atoms with Crippen LogP contribution < -0.4 is 5.32 Å². The summed E-state index contributed by atoms with van der Waals surface area (Å²) in [6, 6.07) is 36.7. The third-order valence-corrected chi connectivity index (χ3v) is 7.28. The second-order valence-corrected chi connectivity index (χ2v) is 9.81. The summed E-state index contributed by atoms with van der Waals surface area (Å²) in [6.07, 6.45) is 0. The summed E-state index contributed by atoms with van der Waals surface area (Å²) >= 11 is 1.38. The molecule has 0 bridgehead atoms. The molecule has 5 aromatic carbocycles. The lowest BCUT2D eigenvalue weighted by atomic mass is 10.1. The summed E-state index contributed by atoms with van der Waals surface area (Å²) in [5.74, 6) is 0.860. The molecule has 6 aromatic rings. The molecule has 0 atom stereocenters. The van der Waals surface area contributed by atoms with E-state index in [2.05, 4.69) is 75.5 Å². The van der Waals surface area contributed by atoms with Crippen LogP contribution >= 0.6 is 11.8 Å². The molecule has 1 amide bonds. The first-order valence-corrected chi connectivity index (χ1v) is 13.1. The largest absolute Gasteiger partial charge is 0.325 e. The molecule has 0 radical (unpaired) electrons. The lowest BCUT2D eigenvalue weighted by Gasteiger charge is -2.13. The first-order chi connectivity index (χ1) is 18.2. The number of anilines is 1. The van der Waals surface area contributed by atoms with E-state index in [0.717, 1.165) is 44.3 Å². The highest BCUT2D eigenvalue weighted by Crippen LogP contribution is 2.32. The number of rotatable bonds is 6. The number of fused-ring (bicyclic) bond motifs is 2. The van der Waals surface area contributed by atoms with Crippen LogP contribution in [-0.2, 0) is 4.79 Å². The molecule has 0 unspecified atom stereocenters. The van der Waals surface area contributed by atoms with Gasteiger partial charge in [0.15, 0.2) is 11.0 Å². The number of carbonyl (C=O) groups excluding carboxylic acids is 1. The summed E-state index contributed by atoms with van der Waals surface area (Å²) in [5, 5.41) is 17.2. The Bertz CT molecular complexity index is 1730. The maximum Gasteiger partial charge on any atom is 0.234 e. The van der Waals surface area contributed by atoms with E-state index in [-0.39, 0.29) is 11.7 Å². The van der Waals surface area contributed by atoms with E-state index in [0.29, 0.717) is 5.16 Å². The zero-order valence-electron chi connectivity index (χ0n) is 20.3. The fraction of sp³-hybridized carbons (Fsp3) is 0.0645. The Labute approximate surface area is 219 Å². The number of hydrogen-bond donors (Lipinski definition) is 1. The van der Waals surface area contributed by atoms with Crippen LogP contribution in [0.4, 0.5) is 5.69 Å². The lowest BCUT2D eigenvalue weighted by molar-refractivity contribution is -0.113. The van der Waals surface area contributed by atoms with Crippen molar-refractivity contribution in [2.75, 3.05) is 11.1 Å². The standard InChI is InChI=1S/C31H24N4OS/c1-21-16-18-24(19-17-21)30-33-34-31(35(30)28-15-7-11-23-9-3-5-13-26(23)28)37-20-29(36)32-27-14-6-10-22-8-2-4-12-25(22)27/h2-19H,20H2,1H3,(H,32,36). The van der Waals surface area contributed by atoms with E-state index < -0.39 is 0 Å². The van der Waals surface area contributed by atoms with Crippen molar-refractivity contribution in [1.82, 2.24) is 14.8 Å². The molecule has 1 aromatic heterocycles. The number of benzene rings is 5. The van der Waals surface area contributed by atoms with Gasteiger partial charge in [0.1, 0.15) is 0 Å². The molecule has 0 aliphatic heterocycles. The summed E-state index contributed by atoms with van der Waals surface area (Å²) in [4.78, 5) is 13.0. The molecule has 0 spiro atoms. The van der Waals surface area contributed by atoms with E-state index >= 15 is 0 Å². The van der Waals surface area contributed by atoms with Gasteiger partial charge in [-0.3, -0.25) is 9.36 Å². The average molecular weight is 501 g/mol. The summed E-state index contributed by atoms with van der Waals surface area (Å²) in [6.45, 7) is 2.06. The van der Waals surface area contributed by atoms with Gasteiger partial charge >= 0.3 is 0 Å². The van der Waals surface area contributed by atoms with Crippen molar-refractivity contribution in [3.63, 3.8) is 0 Å². The summed E-state index contributed by atoms with van der Waals surface area (Å²) in [5.41, 5.74) is 3.94. The Morgan fingerprint density at radius 2 is 1.41 bits per heavy atom. The quantitative estimate of drug-likeness (QED) is 0.244. The molecule has 180 valence electrons. The van der Waals surface area contributed by atoms with Crippen LogP contribution in [0.25, 0.3) is 38.6 Å². The van der Waals surface area contributed by atoms with Crippen LogP contribution in [0.2, 0.25) is 0 Å². The smallest absolute Gasteiger partial charge is 0.234 e. The van der Waals surface area contributed by atoms with Crippen LogP contribution in [0.15, 0.2) is 114 Å². The predicted octanol–water partition coefficient (Wildman–Crippen LogP) is 7.28. The maximum absolute atomic E-state index is 13.0. The van der Waals surface area contributed by atoms with Gasteiger partial charge in [0.2, 0.25) is 5.91 Å². The van der Waals surface area contributed by atoms with Crippen molar-refractivity contribution in [3.8, 4) is 17.1 Å². The second kappa shape index (κ2) is 9.91. The zero-order chi connectivity index (χ0) is 25.2. The van der Waals surface area contributed by atoms with Gasteiger partial charge in [-0.2, -0.15) is 0 Å². The molecule has 1 heterocycles. The first-order valence-electron chi connectivity index (χ1n) is 12.1. The fourth-order valence-electron chi connectivity index (χ4n) is 4.52. The van der Waals surface area contributed by atoms with Crippen LogP contribution in [0, 0.1) is 6.92 Å². The Hall–Kier alpha value is -4.42. The minimum absolute atomic E-state index is 0.0919. The van der Waals surface area contributed by atoms with Crippen molar-refractivity contribution in [2.45, 2.75) is 12.1 Å². The van der Waals surface area contributed by atoms with E-state index in [4.69, 9.17) is 0 Å². The number of amides is 1. The second-order valence-electron chi connectivity index (χ2n) is 8.87. The Morgan fingerprint density at radius 3 is 2.19 bits per heavy atom. The molecule has 0 saturated heterocycles. The van der Waals surface area contributed by atoms with E-state index in [1.807, 2.05) is 60.7 Å². The number of thioether (sulfide) groups is 1. The number of nitrogens with one attached hydrogen (secondary N) is 1. The number of nitrogens with zero attached hydrogens (tertiary/aromatic N) is 3. The van der Waals surface area contributed by atoms with Gasteiger partial charge in [0.25, 0.3) is 0 Å². The third-order valence-electron chi connectivity index (χ3n) is 6.35. The van der Waals surface area contributed by atoms with E-state index in [1.165, 1.54) is 17.3 Å². The molecule has 37 heavy (non-hydrogen) atoms. The number of aryl methyl sites for hydroxylation is 1. The third kappa shape index (κ3) is 4.59. The highest BCUT2D eigenvalue weighted by atomic mass is 32.2. The molecule has 6 rings (SSSR count). The SMILES string of the molecule is Cc1ccc(-c2nnc(SCC(=O)Nc3cccc4ccccc34)n2-c2cccc3ccccc23)cc1. The molecular formula is C31H24N4OS. The van der Waals surface area contributed by atoms with Crippen molar-refractivity contribution < 1.29 is 4.79 Å². The van der Waals surface area contributed by atoms with Crippen molar-refractivity contribution in [2.24, 2.45) is 0 Å².